The highest BCUT2D eigenvalue weighted by Gasteiger charge is 2.11. The molecule has 0 saturated heterocycles. The lowest BCUT2D eigenvalue weighted by Gasteiger charge is -2.13. The summed E-state index contributed by atoms with van der Waals surface area (Å²) in [6, 6.07) is 13.9. The van der Waals surface area contributed by atoms with E-state index in [0.717, 1.165) is 23.2 Å². The molecule has 0 spiro atoms. The summed E-state index contributed by atoms with van der Waals surface area (Å²) in [7, 11) is 0. The van der Waals surface area contributed by atoms with Crippen molar-refractivity contribution in [2.45, 2.75) is 40.0 Å². The van der Waals surface area contributed by atoms with Crippen LogP contribution in [0.25, 0.3) is 0 Å². The average molecular weight is 340 g/mol. The van der Waals surface area contributed by atoms with E-state index in [1.54, 1.807) is 0 Å². The van der Waals surface area contributed by atoms with Crippen LogP contribution in [0.2, 0.25) is 0 Å². The number of nitrogens with one attached hydrogen (secondary N) is 2. The van der Waals surface area contributed by atoms with Crippen LogP contribution in [0.3, 0.4) is 0 Å². The second-order valence-electron chi connectivity index (χ2n) is 6.16. The molecular formula is C20H24N2OS. The van der Waals surface area contributed by atoms with Crippen LogP contribution >= 0.6 is 12.2 Å². The lowest BCUT2D eigenvalue weighted by molar-refractivity contribution is 0.0977. The van der Waals surface area contributed by atoms with Gasteiger partial charge >= 0.3 is 0 Å². The van der Waals surface area contributed by atoms with Crippen LogP contribution in [0.5, 0.6) is 0 Å². The first-order valence-corrected chi connectivity index (χ1v) is 8.61. The second kappa shape index (κ2) is 8.06. The van der Waals surface area contributed by atoms with Crippen molar-refractivity contribution in [1.82, 2.24) is 5.32 Å². The van der Waals surface area contributed by atoms with Crippen molar-refractivity contribution in [3.05, 3.63) is 64.7 Å². The summed E-state index contributed by atoms with van der Waals surface area (Å²) in [6.45, 7) is 8.31. The van der Waals surface area contributed by atoms with E-state index in [4.69, 9.17) is 12.2 Å². The maximum Gasteiger partial charge on any atom is 0.257 e. The largest absolute Gasteiger partial charge is 0.332 e. The predicted octanol–water partition coefficient (Wildman–Crippen LogP) is 4.94. The smallest absolute Gasteiger partial charge is 0.257 e. The lowest BCUT2D eigenvalue weighted by atomic mass is 9.99. The Morgan fingerprint density at radius 1 is 1.12 bits per heavy atom. The second-order valence-corrected chi connectivity index (χ2v) is 6.57. The average Bonchev–Trinajstić information content (AvgIpc) is 2.54. The summed E-state index contributed by atoms with van der Waals surface area (Å²) in [5.41, 5.74) is 4.87. The molecule has 0 radical (unpaired) electrons. The van der Waals surface area contributed by atoms with Crippen molar-refractivity contribution in [2.75, 3.05) is 5.32 Å². The number of carbonyl (C=O) groups excluding carboxylic acids is 1. The number of benzene rings is 2. The van der Waals surface area contributed by atoms with E-state index in [-0.39, 0.29) is 5.91 Å². The monoisotopic (exact) mass is 340 g/mol. The minimum atomic E-state index is -0.193. The van der Waals surface area contributed by atoms with Gasteiger partial charge in [-0.05, 0) is 67.7 Å². The highest BCUT2D eigenvalue weighted by molar-refractivity contribution is 7.80. The number of thiocarbonyl (C=S) groups is 1. The molecule has 0 fully saturated rings. The van der Waals surface area contributed by atoms with Crippen LogP contribution in [0.1, 0.15) is 53.2 Å². The minimum Gasteiger partial charge on any atom is -0.332 e. The van der Waals surface area contributed by atoms with Crippen LogP contribution in [0, 0.1) is 13.8 Å². The molecule has 1 atom stereocenters. The van der Waals surface area contributed by atoms with E-state index in [2.05, 4.69) is 36.6 Å². The molecule has 126 valence electrons. The summed E-state index contributed by atoms with van der Waals surface area (Å²) in [5, 5.41) is 6.09. The molecule has 0 unspecified atom stereocenters. The normalized spacial score (nSPS) is 11.7. The Kier molecular flexibility index (Phi) is 6.10. The first-order chi connectivity index (χ1) is 11.4. The third-order valence-corrected chi connectivity index (χ3v) is 4.41. The van der Waals surface area contributed by atoms with Crippen molar-refractivity contribution in [3.63, 3.8) is 0 Å². The van der Waals surface area contributed by atoms with E-state index in [1.807, 2.05) is 44.2 Å². The van der Waals surface area contributed by atoms with Crippen molar-refractivity contribution < 1.29 is 4.79 Å². The third-order valence-electron chi connectivity index (χ3n) is 4.20. The van der Waals surface area contributed by atoms with E-state index in [0.29, 0.717) is 16.6 Å². The Hall–Kier alpha value is -2.20. The first-order valence-electron chi connectivity index (χ1n) is 8.20. The standard InChI is InChI=1S/C20H24N2OS/c1-5-14(3)16-7-9-17(10-8-16)21-20(24)22-19(23)18-11-6-13(2)12-15(18)4/h6-12,14H,5H2,1-4H3,(H2,21,22,23,24)/t14-/m0/s1. The van der Waals surface area contributed by atoms with Crippen molar-refractivity contribution >= 4 is 28.9 Å². The summed E-state index contributed by atoms with van der Waals surface area (Å²) in [4.78, 5) is 12.3. The fourth-order valence-corrected chi connectivity index (χ4v) is 2.74. The van der Waals surface area contributed by atoms with Gasteiger partial charge in [-0.2, -0.15) is 0 Å². The molecule has 3 nitrogen and oxygen atoms in total. The summed E-state index contributed by atoms with van der Waals surface area (Å²) < 4.78 is 0. The zero-order valence-electron chi connectivity index (χ0n) is 14.6. The fourth-order valence-electron chi connectivity index (χ4n) is 2.53. The number of aryl methyl sites for hydroxylation is 2. The molecule has 0 saturated carbocycles. The Balaban J connectivity index is 1.98. The molecule has 0 aliphatic carbocycles. The molecule has 2 N–H and O–H groups in total. The van der Waals surface area contributed by atoms with Gasteiger partial charge in [-0.3, -0.25) is 10.1 Å². The number of anilines is 1. The van der Waals surface area contributed by atoms with Crippen LogP contribution in [0.4, 0.5) is 5.69 Å². The number of amides is 1. The molecule has 0 aliphatic rings. The van der Waals surface area contributed by atoms with Gasteiger partial charge < -0.3 is 5.32 Å². The summed E-state index contributed by atoms with van der Waals surface area (Å²) in [6.07, 6.45) is 1.11. The molecular weight excluding hydrogens is 316 g/mol. The van der Waals surface area contributed by atoms with E-state index in [1.165, 1.54) is 5.56 Å². The van der Waals surface area contributed by atoms with Crippen LogP contribution in [-0.2, 0) is 0 Å². The summed E-state index contributed by atoms with van der Waals surface area (Å²) >= 11 is 5.25. The van der Waals surface area contributed by atoms with Crippen molar-refractivity contribution in [3.8, 4) is 0 Å². The minimum absolute atomic E-state index is 0.193. The molecule has 2 aromatic rings. The van der Waals surface area contributed by atoms with Gasteiger partial charge in [0.05, 0.1) is 0 Å². The fraction of sp³-hybridized carbons (Fsp3) is 0.300. The molecule has 0 aliphatic heterocycles. The van der Waals surface area contributed by atoms with Gasteiger partial charge in [0.15, 0.2) is 5.11 Å². The van der Waals surface area contributed by atoms with Gasteiger partial charge in [-0.1, -0.05) is 43.7 Å². The number of hydrogen-bond acceptors (Lipinski definition) is 2. The lowest BCUT2D eigenvalue weighted by Crippen LogP contribution is -2.34. The highest BCUT2D eigenvalue weighted by atomic mass is 32.1. The predicted molar refractivity (Wildman–Crippen MR) is 105 cm³/mol. The van der Waals surface area contributed by atoms with Gasteiger partial charge in [-0.25, -0.2) is 0 Å². The molecule has 1 amide bonds. The Bertz CT molecular complexity index is 738. The Morgan fingerprint density at radius 2 is 1.79 bits per heavy atom. The molecule has 4 heteroatoms. The van der Waals surface area contributed by atoms with Gasteiger partial charge in [-0.15, -0.1) is 0 Å². The zero-order valence-corrected chi connectivity index (χ0v) is 15.5. The Labute approximate surface area is 149 Å². The van der Waals surface area contributed by atoms with Gasteiger partial charge in [0.25, 0.3) is 5.91 Å². The highest BCUT2D eigenvalue weighted by Crippen LogP contribution is 2.20. The van der Waals surface area contributed by atoms with Crippen LogP contribution in [-0.4, -0.2) is 11.0 Å². The SMILES string of the molecule is CC[C@H](C)c1ccc(NC(=S)NC(=O)c2ccc(C)cc2C)cc1. The van der Waals surface area contributed by atoms with E-state index >= 15 is 0 Å². The molecule has 0 heterocycles. The third kappa shape index (κ3) is 4.65. The van der Waals surface area contributed by atoms with Gasteiger partial charge in [0.1, 0.15) is 0 Å². The molecule has 0 bridgehead atoms. The van der Waals surface area contributed by atoms with Crippen LogP contribution in [0.15, 0.2) is 42.5 Å². The van der Waals surface area contributed by atoms with Gasteiger partial charge in [0, 0.05) is 11.3 Å². The zero-order chi connectivity index (χ0) is 17.7. The maximum absolute atomic E-state index is 12.3. The Morgan fingerprint density at radius 3 is 2.38 bits per heavy atom. The number of hydrogen-bond donors (Lipinski definition) is 2. The number of carbonyl (C=O) groups is 1. The van der Waals surface area contributed by atoms with Crippen molar-refractivity contribution in [1.29, 1.82) is 0 Å². The summed E-state index contributed by atoms with van der Waals surface area (Å²) in [5.74, 6) is 0.344. The maximum atomic E-state index is 12.3. The topological polar surface area (TPSA) is 41.1 Å². The number of rotatable bonds is 4. The van der Waals surface area contributed by atoms with E-state index in [9.17, 15) is 4.79 Å². The van der Waals surface area contributed by atoms with E-state index < -0.39 is 0 Å². The first kappa shape index (κ1) is 18.1. The van der Waals surface area contributed by atoms with Crippen molar-refractivity contribution in [2.24, 2.45) is 0 Å². The molecule has 2 rings (SSSR count). The van der Waals surface area contributed by atoms with Crippen LogP contribution < -0.4 is 10.6 Å². The van der Waals surface area contributed by atoms with Gasteiger partial charge in [0.2, 0.25) is 0 Å². The molecule has 24 heavy (non-hydrogen) atoms. The molecule has 2 aromatic carbocycles. The molecule has 0 aromatic heterocycles. The quantitative estimate of drug-likeness (QED) is 0.774.